The van der Waals surface area contributed by atoms with Gasteiger partial charge in [0.2, 0.25) is 0 Å². The Morgan fingerprint density at radius 2 is 1.67 bits per heavy atom. The minimum absolute atomic E-state index is 0.222. The van der Waals surface area contributed by atoms with Crippen LogP contribution in [0.15, 0.2) is 18.2 Å². The van der Waals surface area contributed by atoms with Crippen LogP contribution < -0.4 is 5.32 Å². The van der Waals surface area contributed by atoms with Crippen molar-refractivity contribution in [3.05, 3.63) is 40.5 Å². The van der Waals surface area contributed by atoms with Crippen LogP contribution in [-0.2, 0) is 11.2 Å². The zero-order valence-corrected chi connectivity index (χ0v) is 18.5. The molecule has 2 saturated carbocycles. The van der Waals surface area contributed by atoms with Gasteiger partial charge in [-0.3, -0.25) is 4.79 Å². The molecule has 4 nitrogen and oxygen atoms in total. The molecule has 3 aliphatic rings. The maximum Gasteiger partial charge on any atom is 0.163 e. The monoisotopic (exact) mass is 401 g/mol. The molecule has 4 rings (SSSR count). The van der Waals surface area contributed by atoms with E-state index in [0.717, 1.165) is 42.5 Å². The molecular formula is C26H31N3O. The van der Waals surface area contributed by atoms with Gasteiger partial charge in [0.25, 0.3) is 0 Å². The van der Waals surface area contributed by atoms with E-state index in [0.29, 0.717) is 28.9 Å². The highest BCUT2D eigenvalue weighted by molar-refractivity contribution is 6.01. The lowest BCUT2D eigenvalue weighted by molar-refractivity contribution is -0.131. The van der Waals surface area contributed by atoms with Crippen molar-refractivity contribution in [1.82, 2.24) is 5.32 Å². The molecule has 0 radical (unpaired) electrons. The van der Waals surface area contributed by atoms with Crippen LogP contribution in [0.5, 0.6) is 0 Å². The number of allylic oxidation sites excluding steroid dienone is 1. The number of fused-ring (bicyclic) bond motifs is 3. The van der Waals surface area contributed by atoms with Gasteiger partial charge in [-0.15, -0.1) is 0 Å². The molecule has 2 unspecified atom stereocenters. The Hall–Kier alpha value is -2.59. The fraction of sp³-hybridized carbons (Fsp3) is 0.577. The SMILES string of the molecule is CC1CC2CC(C)CC(C(=O)/C=C3\NC(C)(C)Cc4cc(C#N)c(C#N)cc43)(C1)C2. The molecule has 1 N–H and O–H groups in total. The lowest BCUT2D eigenvalue weighted by atomic mass is 9.55. The van der Waals surface area contributed by atoms with Crippen molar-refractivity contribution in [3.8, 4) is 12.1 Å². The van der Waals surface area contributed by atoms with Gasteiger partial charge in [0.05, 0.1) is 11.1 Å². The van der Waals surface area contributed by atoms with Gasteiger partial charge in [-0.25, -0.2) is 0 Å². The van der Waals surface area contributed by atoms with Crippen molar-refractivity contribution in [2.24, 2.45) is 23.2 Å². The van der Waals surface area contributed by atoms with Gasteiger partial charge in [-0.2, -0.15) is 10.5 Å². The number of carbonyl (C=O) groups is 1. The number of hydrogen-bond acceptors (Lipinski definition) is 4. The summed E-state index contributed by atoms with van der Waals surface area (Å²) in [6, 6.07) is 7.88. The molecule has 1 heterocycles. The van der Waals surface area contributed by atoms with Crippen LogP contribution in [0, 0.1) is 45.8 Å². The molecule has 0 amide bonds. The Balaban J connectivity index is 1.77. The summed E-state index contributed by atoms with van der Waals surface area (Å²) in [7, 11) is 0. The maximum absolute atomic E-state index is 13.8. The third-order valence-electron chi connectivity index (χ3n) is 7.31. The van der Waals surface area contributed by atoms with Crippen molar-refractivity contribution < 1.29 is 4.79 Å². The highest BCUT2D eigenvalue weighted by Crippen LogP contribution is 2.53. The Morgan fingerprint density at radius 3 is 2.27 bits per heavy atom. The van der Waals surface area contributed by atoms with Gasteiger partial charge in [0.1, 0.15) is 12.1 Å². The third kappa shape index (κ3) is 3.65. The van der Waals surface area contributed by atoms with E-state index >= 15 is 0 Å². The van der Waals surface area contributed by atoms with Gasteiger partial charge in [-0.05, 0) is 87.8 Å². The molecule has 4 heteroatoms. The summed E-state index contributed by atoms with van der Waals surface area (Å²) in [6.45, 7) is 8.80. The first-order chi connectivity index (χ1) is 14.1. The van der Waals surface area contributed by atoms with E-state index in [1.807, 2.05) is 12.1 Å². The van der Waals surface area contributed by atoms with Crippen molar-refractivity contribution in [1.29, 1.82) is 10.5 Å². The largest absolute Gasteiger partial charge is 0.379 e. The van der Waals surface area contributed by atoms with Crippen LogP contribution >= 0.6 is 0 Å². The summed E-state index contributed by atoms with van der Waals surface area (Å²) >= 11 is 0. The van der Waals surface area contributed by atoms with Crippen LogP contribution in [0.4, 0.5) is 0 Å². The Morgan fingerprint density at radius 1 is 1.07 bits per heavy atom. The average Bonchev–Trinajstić information content (AvgIpc) is 2.64. The topological polar surface area (TPSA) is 76.7 Å². The van der Waals surface area contributed by atoms with Crippen molar-refractivity contribution >= 4 is 11.5 Å². The number of benzene rings is 1. The van der Waals surface area contributed by atoms with Crippen LogP contribution in [0.1, 0.15) is 82.1 Å². The predicted octanol–water partition coefficient (Wildman–Crippen LogP) is 5.12. The van der Waals surface area contributed by atoms with Crippen molar-refractivity contribution in [2.45, 2.75) is 71.8 Å². The Kier molecular flexibility index (Phi) is 5.01. The first kappa shape index (κ1) is 20.7. The minimum Gasteiger partial charge on any atom is -0.379 e. The quantitative estimate of drug-likeness (QED) is 0.698. The van der Waals surface area contributed by atoms with Gasteiger partial charge < -0.3 is 5.32 Å². The van der Waals surface area contributed by atoms with Crippen LogP contribution in [0.3, 0.4) is 0 Å². The van der Waals surface area contributed by atoms with E-state index < -0.39 is 0 Å². The van der Waals surface area contributed by atoms with Gasteiger partial charge >= 0.3 is 0 Å². The lowest BCUT2D eigenvalue weighted by Crippen LogP contribution is -2.46. The predicted molar refractivity (Wildman–Crippen MR) is 117 cm³/mol. The summed E-state index contributed by atoms with van der Waals surface area (Å²) < 4.78 is 0. The molecule has 156 valence electrons. The molecule has 1 aromatic carbocycles. The van der Waals surface area contributed by atoms with Gasteiger partial charge in [-0.1, -0.05) is 13.8 Å². The molecule has 2 atom stereocenters. The summed E-state index contributed by atoms with van der Waals surface area (Å²) in [6.07, 6.45) is 8.01. The average molecular weight is 402 g/mol. The molecular weight excluding hydrogens is 370 g/mol. The molecule has 2 bridgehead atoms. The first-order valence-electron chi connectivity index (χ1n) is 11.2. The number of nitriles is 2. The second-order valence-electron chi connectivity index (χ2n) is 10.8. The minimum atomic E-state index is -0.249. The van der Waals surface area contributed by atoms with Crippen molar-refractivity contribution in [2.75, 3.05) is 0 Å². The summed E-state index contributed by atoms with van der Waals surface area (Å²) in [5.74, 6) is 2.07. The number of nitrogens with one attached hydrogen (secondary N) is 1. The Bertz CT molecular complexity index is 985. The number of hydrogen-bond donors (Lipinski definition) is 1. The van der Waals surface area contributed by atoms with E-state index in [9.17, 15) is 15.3 Å². The Labute approximate surface area is 180 Å². The lowest BCUT2D eigenvalue weighted by Gasteiger charge is -2.48. The van der Waals surface area contributed by atoms with E-state index in [4.69, 9.17) is 0 Å². The second kappa shape index (κ2) is 7.28. The zero-order chi connectivity index (χ0) is 21.7. The number of carbonyl (C=O) groups excluding carboxylic acids is 1. The highest BCUT2D eigenvalue weighted by Gasteiger charge is 2.48. The normalized spacial score (nSPS) is 33.0. The number of nitrogens with zero attached hydrogens (tertiary/aromatic N) is 2. The van der Waals surface area contributed by atoms with Crippen LogP contribution in [0.2, 0.25) is 0 Å². The number of rotatable bonds is 2. The summed E-state index contributed by atoms with van der Waals surface area (Å²) in [4.78, 5) is 13.8. The molecule has 0 aromatic heterocycles. The van der Waals surface area contributed by atoms with E-state index in [1.54, 1.807) is 6.07 Å². The standard InChI is InChI=1S/C26H31N3O/c1-16-5-18-6-17(2)11-26(10-16,12-18)24(30)9-23-22-8-21(15-28)20(14-27)7-19(22)13-25(3,4)29-23/h7-9,16-18,29H,5-6,10-13H2,1-4H3/b23-9-. The second-order valence-corrected chi connectivity index (χ2v) is 10.8. The summed E-state index contributed by atoms with van der Waals surface area (Å²) in [5.41, 5.74) is 3.02. The van der Waals surface area contributed by atoms with E-state index in [-0.39, 0.29) is 16.7 Å². The van der Waals surface area contributed by atoms with Gasteiger partial charge in [0.15, 0.2) is 5.78 Å². The fourth-order valence-corrected chi connectivity index (χ4v) is 6.58. The zero-order valence-electron chi connectivity index (χ0n) is 18.5. The molecule has 1 aliphatic heterocycles. The van der Waals surface area contributed by atoms with Crippen molar-refractivity contribution in [3.63, 3.8) is 0 Å². The van der Waals surface area contributed by atoms with Gasteiger partial charge in [0, 0.05) is 28.3 Å². The molecule has 2 aliphatic carbocycles. The molecule has 1 aromatic rings. The van der Waals surface area contributed by atoms with Crippen LogP contribution in [-0.4, -0.2) is 11.3 Å². The molecule has 30 heavy (non-hydrogen) atoms. The number of ketones is 1. The first-order valence-corrected chi connectivity index (χ1v) is 11.2. The molecule has 2 fully saturated rings. The smallest absolute Gasteiger partial charge is 0.163 e. The molecule has 0 spiro atoms. The highest BCUT2D eigenvalue weighted by atomic mass is 16.1. The van der Waals surface area contributed by atoms with E-state index in [1.165, 1.54) is 12.8 Å². The molecule has 0 saturated heterocycles. The van der Waals surface area contributed by atoms with Crippen LogP contribution in [0.25, 0.3) is 5.70 Å². The fourth-order valence-electron chi connectivity index (χ4n) is 6.58. The third-order valence-corrected chi connectivity index (χ3v) is 7.31. The summed E-state index contributed by atoms with van der Waals surface area (Å²) in [5, 5.41) is 22.5. The maximum atomic E-state index is 13.8. The van der Waals surface area contributed by atoms with E-state index in [2.05, 4.69) is 45.2 Å².